The minimum absolute atomic E-state index is 0.0490. The number of nitrogens with one attached hydrogen (secondary N) is 3. The molecule has 33 heavy (non-hydrogen) atoms. The van der Waals surface area contributed by atoms with Crippen LogP contribution in [0, 0.1) is 5.92 Å². The van der Waals surface area contributed by atoms with E-state index in [1.165, 1.54) is 0 Å². The maximum absolute atomic E-state index is 13.0. The van der Waals surface area contributed by atoms with Crippen molar-refractivity contribution in [1.29, 1.82) is 0 Å². The predicted octanol–water partition coefficient (Wildman–Crippen LogP) is 4.95. The Morgan fingerprint density at radius 3 is 2.67 bits per heavy atom. The topological polar surface area (TPSA) is 90.5 Å². The number of anilines is 2. The molecule has 1 saturated carbocycles. The van der Waals surface area contributed by atoms with Crippen molar-refractivity contribution in [3.8, 4) is 0 Å². The third kappa shape index (κ3) is 4.69. The highest BCUT2D eigenvalue weighted by atomic mass is 35.5. The maximum atomic E-state index is 13.0. The van der Waals surface area contributed by atoms with Crippen LogP contribution in [0.4, 0.5) is 16.2 Å². The summed E-state index contributed by atoms with van der Waals surface area (Å²) in [5, 5.41) is 9.43. The fraction of sp³-hybridized carbons (Fsp3) is 0.400. The molecule has 1 saturated heterocycles. The van der Waals surface area contributed by atoms with E-state index in [9.17, 15) is 14.4 Å². The molecule has 8 heteroatoms. The average Bonchev–Trinajstić information content (AvgIpc) is 3.03. The summed E-state index contributed by atoms with van der Waals surface area (Å²) >= 11 is 6.43. The monoisotopic (exact) mass is 468 g/mol. The largest absolute Gasteiger partial charge is 0.377 e. The Morgan fingerprint density at radius 2 is 1.97 bits per heavy atom. The number of hydrogen-bond donors (Lipinski definition) is 3. The van der Waals surface area contributed by atoms with Gasteiger partial charge in [0.2, 0.25) is 5.91 Å². The van der Waals surface area contributed by atoms with Crippen molar-refractivity contribution in [3.63, 3.8) is 0 Å². The summed E-state index contributed by atoms with van der Waals surface area (Å²) < 4.78 is 0. The fourth-order valence-corrected chi connectivity index (χ4v) is 4.99. The molecule has 174 valence electrons. The van der Waals surface area contributed by atoms with Gasteiger partial charge in [0, 0.05) is 11.7 Å². The summed E-state index contributed by atoms with van der Waals surface area (Å²) in [7, 11) is 0. The molecule has 2 aromatic rings. The number of benzene rings is 2. The van der Waals surface area contributed by atoms with Crippen LogP contribution in [0.3, 0.4) is 0 Å². The Labute approximate surface area is 198 Å². The highest BCUT2D eigenvalue weighted by Crippen LogP contribution is 2.38. The zero-order valence-corrected chi connectivity index (χ0v) is 19.6. The molecular weight excluding hydrogens is 440 g/mol. The minimum Gasteiger partial charge on any atom is -0.377 e. The molecule has 1 spiro atoms. The molecule has 4 amide bonds. The number of amides is 4. The molecular formula is C25H29ClN4O3. The van der Waals surface area contributed by atoms with Gasteiger partial charge < -0.3 is 16.0 Å². The van der Waals surface area contributed by atoms with Crippen LogP contribution < -0.4 is 16.0 Å². The minimum atomic E-state index is -0.873. The molecule has 1 heterocycles. The molecule has 2 aromatic carbocycles. The lowest BCUT2D eigenvalue weighted by Crippen LogP contribution is -2.54. The number of imide groups is 1. The van der Waals surface area contributed by atoms with Gasteiger partial charge in [0.05, 0.1) is 10.7 Å². The molecule has 3 N–H and O–H groups in total. The highest BCUT2D eigenvalue weighted by Gasteiger charge is 2.55. The summed E-state index contributed by atoms with van der Waals surface area (Å²) in [5.74, 6) is -0.705. The third-order valence-electron chi connectivity index (χ3n) is 6.73. The van der Waals surface area contributed by atoms with Crippen molar-refractivity contribution < 1.29 is 14.4 Å². The first-order chi connectivity index (χ1) is 15.8. The number of urea groups is 1. The maximum Gasteiger partial charge on any atom is 0.325 e. The fourth-order valence-electron chi connectivity index (χ4n) is 4.75. The van der Waals surface area contributed by atoms with Crippen molar-refractivity contribution in [2.75, 3.05) is 17.2 Å². The lowest BCUT2D eigenvalue weighted by atomic mass is 9.73. The number of nitrogens with zero attached hydrogens (tertiary/aromatic N) is 1. The van der Waals surface area contributed by atoms with Gasteiger partial charge in [-0.2, -0.15) is 0 Å². The van der Waals surface area contributed by atoms with Crippen LogP contribution in [-0.2, 0) is 9.59 Å². The van der Waals surface area contributed by atoms with Gasteiger partial charge >= 0.3 is 6.03 Å². The summed E-state index contributed by atoms with van der Waals surface area (Å²) in [6, 6.07) is 14.7. The summed E-state index contributed by atoms with van der Waals surface area (Å²) in [6.45, 7) is 3.69. The van der Waals surface area contributed by atoms with E-state index < -0.39 is 17.5 Å². The SMILES string of the molecule is C[C@H](Nc1ccc(NC(=O)CN2C(=O)N[C@@]3(CCCC[C@@H]3C)C2=O)cc1Cl)c1ccccc1. The van der Waals surface area contributed by atoms with Crippen molar-refractivity contribution in [2.45, 2.75) is 51.1 Å². The Morgan fingerprint density at radius 1 is 1.21 bits per heavy atom. The first-order valence-electron chi connectivity index (χ1n) is 11.3. The number of carbonyl (C=O) groups excluding carboxylic acids is 3. The normalized spacial score (nSPS) is 23.4. The summed E-state index contributed by atoms with van der Waals surface area (Å²) in [4.78, 5) is 39.2. The van der Waals surface area contributed by atoms with Gasteiger partial charge in [-0.25, -0.2) is 4.79 Å². The van der Waals surface area contributed by atoms with Gasteiger partial charge in [0.15, 0.2) is 0 Å². The van der Waals surface area contributed by atoms with Gasteiger partial charge in [-0.05, 0) is 49.4 Å². The Kier molecular flexibility index (Phi) is 6.61. The molecule has 4 rings (SSSR count). The molecule has 0 aromatic heterocycles. The standard InChI is InChI=1S/C25H29ClN4O3/c1-16-8-6-7-13-25(16)23(32)30(24(33)29-25)15-22(31)28-19-11-12-21(20(26)14-19)27-17(2)18-9-4-3-5-10-18/h3-5,9-12,14,16-17,27H,6-8,13,15H2,1-2H3,(H,28,31)(H,29,33)/t16-,17-,25+/m0/s1. The first-order valence-corrected chi connectivity index (χ1v) is 11.7. The number of rotatable bonds is 6. The Balaban J connectivity index is 1.38. The van der Waals surface area contributed by atoms with E-state index in [1.54, 1.807) is 18.2 Å². The van der Waals surface area contributed by atoms with E-state index in [1.807, 2.05) is 44.2 Å². The van der Waals surface area contributed by atoms with E-state index >= 15 is 0 Å². The van der Waals surface area contributed by atoms with Crippen LogP contribution in [0.1, 0.15) is 51.1 Å². The van der Waals surface area contributed by atoms with Gasteiger partial charge in [-0.15, -0.1) is 0 Å². The van der Waals surface area contributed by atoms with E-state index in [0.717, 1.165) is 35.4 Å². The molecule has 0 unspecified atom stereocenters. The second kappa shape index (κ2) is 9.43. The smallest absolute Gasteiger partial charge is 0.325 e. The van der Waals surface area contributed by atoms with Crippen LogP contribution in [-0.4, -0.2) is 34.8 Å². The zero-order valence-electron chi connectivity index (χ0n) is 18.9. The molecule has 2 fully saturated rings. The quantitative estimate of drug-likeness (QED) is 0.523. The summed E-state index contributed by atoms with van der Waals surface area (Å²) in [5.41, 5.74) is 1.50. The van der Waals surface area contributed by atoms with E-state index in [2.05, 4.69) is 16.0 Å². The molecule has 2 aliphatic rings. The van der Waals surface area contributed by atoms with Crippen molar-refractivity contribution >= 4 is 40.8 Å². The Hall–Kier alpha value is -3.06. The van der Waals surface area contributed by atoms with Gasteiger partial charge in [0.1, 0.15) is 12.1 Å². The molecule has 0 bridgehead atoms. The number of hydrogen-bond acceptors (Lipinski definition) is 4. The van der Waals surface area contributed by atoms with Crippen LogP contribution in [0.5, 0.6) is 0 Å². The van der Waals surface area contributed by atoms with E-state index in [-0.39, 0.29) is 24.4 Å². The number of carbonyl (C=O) groups is 3. The van der Waals surface area contributed by atoms with E-state index in [4.69, 9.17) is 11.6 Å². The van der Waals surface area contributed by atoms with Crippen molar-refractivity contribution in [3.05, 3.63) is 59.1 Å². The van der Waals surface area contributed by atoms with Crippen molar-refractivity contribution in [2.24, 2.45) is 5.92 Å². The molecule has 7 nitrogen and oxygen atoms in total. The van der Waals surface area contributed by atoms with Crippen LogP contribution in [0.25, 0.3) is 0 Å². The summed E-state index contributed by atoms with van der Waals surface area (Å²) in [6.07, 6.45) is 3.43. The Bertz CT molecular complexity index is 1060. The average molecular weight is 469 g/mol. The lowest BCUT2D eigenvalue weighted by Gasteiger charge is -2.36. The molecule has 1 aliphatic heterocycles. The molecule has 3 atom stereocenters. The predicted molar refractivity (Wildman–Crippen MR) is 129 cm³/mol. The van der Waals surface area contributed by atoms with Crippen LogP contribution in [0.2, 0.25) is 5.02 Å². The highest BCUT2D eigenvalue weighted by molar-refractivity contribution is 6.33. The molecule has 1 aliphatic carbocycles. The van der Waals surface area contributed by atoms with E-state index in [0.29, 0.717) is 17.1 Å². The van der Waals surface area contributed by atoms with Gasteiger partial charge in [-0.1, -0.05) is 61.7 Å². The van der Waals surface area contributed by atoms with Crippen molar-refractivity contribution in [1.82, 2.24) is 10.2 Å². The van der Waals surface area contributed by atoms with Gasteiger partial charge in [0.25, 0.3) is 5.91 Å². The second-order valence-electron chi connectivity index (χ2n) is 8.96. The second-order valence-corrected chi connectivity index (χ2v) is 9.37. The van der Waals surface area contributed by atoms with Crippen LogP contribution >= 0.6 is 11.6 Å². The van der Waals surface area contributed by atoms with Gasteiger partial charge in [-0.3, -0.25) is 14.5 Å². The molecule has 0 radical (unpaired) electrons. The third-order valence-corrected chi connectivity index (χ3v) is 7.04. The zero-order chi connectivity index (χ0) is 23.6. The first kappa shape index (κ1) is 23.1. The lowest BCUT2D eigenvalue weighted by molar-refractivity contribution is -0.136. The van der Waals surface area contributed by atoms with Crippen LogP contribution in [0.15, 0.2) is 48.5 Å². The number of halogens is 1.